The minimum atomic E-state index is 0.0809. The van der Waals surface area contributed by atoms with Crippen molar-refractivity contribution in [2.45, 2.75) is 25.0 Å². The molecule has 2 fully saturated rings. The van der Waals surface area contributed by atoms with Crippen LogP contribution in [0.15, 0.2) is 30.3 Å². The van der Waals surface area contributed by atoms with Crippen LogP contribution in [0.3, 0.4) is 0 Å². The summed E-state index contributed by atoms with van der Waals surface area (Å²) in [6.45, 7) is 1.78. The first kappa shape index (κ1) is 11.6. The summed E-state index contributed by atoms with van der Waals surface area (Å²) in [7, 11) is 0.0809. The predicted octanol–water partition coefficient (Wildman–Crippen LogP) is 3.16. The monoisotopic (exact) mass is 249 g/mol. The number of nitrogens with zero attached hydrogens (tertiary/aromatic N) is 1. The van der Waals surface area contributed by atoms with E-state index in [0.717, 1.165) is 13.1 Å². The van der Waals surface area contributed by atoms with E-state index in [2.05, 4.69) is 30.3 Å². The third-order valence-electron chi connectivity index (χ3n) is 4.05. The Labute approximate surface area is 105 Å². The zero-order valence-corrected chi connectivity index (χ0v) is 11.1. The van der Waals surface area contributed by atoms with Gasteiger partial charge in [0, 0.05) is 25.2 Å². The van der Waals surface area contributed by atoms with Crippen molar-refractivity contribution in [1.82, 2.24) is 0 Å². The van der Waals surface area contributed by atoms with Crippen LogP contribution in [0.4, 0.5) is 0 Å². The predicted molar refractivity (Wildman–Crippen MR) is 73.2 cm³/mol. The fraction of sp³-hybridized carbons (Fsp3) is 0.571. The van der Waals surface area contributed by atoms with Crippen LogP contribution in [0.1, 0.15) is 18.4 Å². The smallest absolute Gasteiger partial charge is 0.0892 e. The highest BCUT2D eigenvalue weighted by Crippen LogP contribution is 2.46. The Bertz CT molecular complexity index is 369. The Kier molecular flexibility index (Phi) is 3.21. The van der Waals surface area contributed by atoms with Crippen molar-refractivity contribution in [3.8, 4) is 0 Å². The van der Waals surface area contributed by atoms with Crippen molar-refractivity contribution in [3.63, 3.8) is 0 Å². The Morgan fingerprint density at radius 3 is 2.35 bits per heavy atom. The van der Waals surface area contributed by atoms with Crippen LogP contribution in [0, 0.1) is 5.21 Å². The number of rotatable bonds is 3. The zero-order chi connectivity index (χ0) is 11.7. The van der Waals surface area contributed by atoms with E-state index >= 15 is 0 Å². The standard InChI is InChI=1S/C14H20NOP/c16-15(14-6-7-14)8-10-17(11-9-15)12-13-4-2-1-3-5-13/h1-5,14H,6-12H2. The van der Waals surface area contributed by atoms with Crippen molar-refractivity contribution in [3.05, 3.63) is 41.1 Å². The minimum Gasteiger partial charge on any atom is -0.633 e. The summed E-state index contributed by atoms with van der Waals surface area (Å²) in [5, 5.41) is 12.4. The van der Waals surface area contributed by atoms with E-state index in [0.29, 0.717) is 6.04 Å². The molecule has 92 valence electrons. The number of hydroxylamine groups is 3. The van der Waals surface area contributed by atoms with Crippen LogP contribution in [0.5, 0.6) is 0 Å². The lowest BCUT2D eigenvalue weighted by atomic mass is 10.2. The molecule has 2 aliphatic rings. The molecule has 1 aromatic carbocycles. The highest BCUT2D eigenvalue weighted by molar-refractivity contribution is 7.56. The molecule has 0 spiro atoms. The molecule has 2 nitrogen and oxygen atoms in total. The van der Waals surface area contributed by atoms with Crippen molar-refractivity contribution in [2.75, 3.05) is 25.4 Å². The molecular formula is C14H20NOP. The number of hydrogen-bond donors (Lipinski definition) is 0. The molecule has 1 saturated heterocycles. The van der Waals surface area contributed by atoms with Gasteiger partial charge in [0.15, 0.2) is 0 Å². The van der Waals surface area contributed by atoms with Crippen molar-refractivity contribution >= 4 is 7.92 Å². The van der Waals surface area contributed by atoms with E-state index in [4.69, 9.17) is 0 Å². The molecule has 1 aliphatic heterocycles. The molecule has 1 heterocycles. The number of benzene rings is 1. The second-order valence-electron chi connectivity index (χ2n) is 5.39. The normalized spacial score (nSPS) is 33.6. The molecule has 0 amide bonds. The largest absolute Gasteiger partial charge is 0.633 e. The molecule has 1 aromatic rings. The van der Waals surface area contributed by atoms with Crippen LogP contribution in [0.2, 0.25) is 0 Å². The maximum atomic E-state index is 12.4. The average molecular weight is 249 g/mol. The van der Waals surface area contributed by atoms with Crippen LogP contribution in [-0.2, 0) is 6.16 Å². The maximum Gasteiger partial charge on any atom is 0.0892 e. The SMILES string of the molecule is [O-][N+]1(C2CC2)CCP(Cc2ccccc2)CC1. The first-order valence-corrected chi connectivity index (χ1v) is 8.50. The van der Waals surface area contributed by atoms with E-state index in [1.165, 1.54) is 36.9 Å². The highest BCUT2D eigenvalue weighted by Gasteiger charge is 2.40. The van der Waals surface area contributed by atoms with Gasteiger partial charge in [0.2, 0.25) is 0 Å². The molecule has 17 heavy (non-hydrogen) atoms. The van der Waals surface area contributed by atoms with Crippen LogP contribution in [0.25, 0.3) is 0 Å². The Balaban J connectivity index is 1.55. The molecule has 0 N–H and O–H groups in total. The molecule has 3 heteroatoms. The van der Waals surface area contributed by atoms with Crippen molar-refractivity contribution < 1.29 is 4.65 Å². The van der Waals surface area contributed by atoms with Gasteiger partial charge in [-0.05, 0) is 11.7 Å². The third-order valence-corrected chi connectivity index (χ3v) is 6.53. The lowest BCUT2D eigenvalue weighted by Crippen LogP contribution is -2.50. The summed E-state index contributed by atoms with van der Waals surface area (Å²) >= 11 is 0. The van der Waals surface area contributed by atoms with Gasteiger partial charge in [-0.1, -0.05) is 38.3 Å². The summed E-state index contributed by atoms with van der Waals surface area (Å²) in [5.74, 6) is 0. The molecule has 0 bridgehead atoms. The summed E-state index contributed by atoms with van der Waals surface area (Å²) in [6, 6.07) is 11.2. The van der Waals surface area contributed by atoms with Gasteiger partial charge in [0.05, 0.1) is 19.1 Å². The number of hydrogen-bond acceptors (Lipinski definition) is 1. The fourth-order valence-corrected chi connectivity index (χ4v) is 5.26. The van der Waals surface area contributed by atoms with Gasteiger partial charge in [0.1, 0.15) is 0 Å². The molecule has 1 aliphatic carbocycles. The molecule has 0 unspecified atom stereocenters. The van der Waals surface area contributed by atoms with Gasteiger partial charge in [0.25, 0.3) is 0 Å². The van der Waals surface area contributed by atoms with Crippen LogP contribution < -0.4 is 0 Å². The van der Waals surface area contributed by atoms with Gasteiger partial charge in [-0.15, -0.1) is 0 Å². The molecule has 1 saturated carbocycles. The van der Waals surface area contributed by atoms with Gasteiger partial charge < -0.3 is 9.85 Å². The quantitative estimate of drug-likeness (QED) is 0.458. The second-order valence-corrected chi connectivity index (χ2v) is 7.94. The van der Waals surface area contributed by atoms with E-state index < -0.39 is 0 Å². The number of quaternary nitrogens is 1. The lowest BCUT2D eigenvalue weighted by molar-refractivity contribution is -0.888. The van der Waals surface area contributed by atoms with Crippen LogP contribution in [-0.4, -0.2) is 36.1 Å². The van der Waals surface area contributed by atoms with Gasteiger partial charge >= 0.3 is 0 Å². The third kappa shape index (κ3) is 2.70. The summed E-state index contributed by atoms with van der Waals surface area (Å²) in [4.78, 5) is 0. The van der Waals surface area contributed by atoms with E-state index in [1.807, 2.05) is 0 Å². The molecule has 0 radical (unpaired) electrons. The van der Waals surface area contributed by atoms with Gasteiger partial charge in [-0.3, -0.25) is 0 Å². The van der Waals surface area contributed by atoms with Gasteiger partial charge in [-0.2, -0.15) is 0 Å². The molecular weight excluding hydrogens is 229 g/mol. The molecule has 0 atom stereocenters. The lowest BCUT2D eigenvalue weighted by Gasteiger charge is -2.48. The average Bonchev–Trinajstić information content (AvgIpc) is 3.18. The Hall–Kier alpha value is -0.430. The van der Waals surface area contributed by atoms with Crippen molar-refractivity contribution in [1.29, 1.82) is 0 Å². The maximum absolute atomic E-state index is 12.4. The Morgan fingerprint density at radius 2 is 1.76 bits per heavy atom. The summed E-state index contributed by atoms with van der Waals surface area (Å²) < 4.78 is 0.146. The fourth-order valence-electron chi connectivity index (χ4n) is 2.75. The topological polar surface area (TPSA) is 23.1 Å². The summed E-state index contributed by atoms with van der Waals surface area (Å²) in [6.07, 6.45) is 5.95. The highest BCUT2D eigenvalue weighted by atomic mass is 31.1. The Morgan fingerprint density at radius 1 is 1.12 bits per heavy atom. The van der Waals surface area contributed by atoms with E-state index in [9.17, 15) is 5.21 Å². The first-order valence-electron chi connectivity index (χ1n) is 6.60. The van der Waals surface area contributed by atoms with Crippen LogP contribution >= 0.6 is 7.92 Å². The summed E-state index contributed by atoms with van der Waals surface area (Å²) in [5.41, 5.74) is 1.45. The van der Waals surface area contributed by atoms with E-state index in [1.54, 1.807) is 0 Å². The second kappa shape index (κ2) is 4.68. The first-order chi connectivity index (χ1) is 8.26. The van der Waals surface area contributed by atoms with E-state index in [-0.39, 0.29) is 12.6 Å². The zero-order valence-electron chi connectivity index (χ0n) is 10.2. The molecule has 0 aromatic heterocycles. The van der Waals surface area contributed by atoms with Crippen molar-refractivity contribution in [2.24, 2.45) is 0 Å². The molecule has 3 rings (SSSR count). The minimum absolute atomic E-state index is 0.0809. The van der Waals surface area contributed by atoms with Gasteiger partial charge in [-0.25, -0.2) is 0 Å².